The molecule has 22 heavy (non-hydrogen) atoms. The zero-order chi connectivity index (χ0) is 15.4. The summed E-state index contributed by atoms with van der Waals surface area (Å²) < 4.78 is 0. The summed E-state index contributed by atoms with van der Waals surface area (Å²) in [5.74, 6) is 0.636. The van der Waals surface area contributed by atoms with Crippen LogP contribution in [0.4, 0.5) is 11.5 Å². The number of non-ortho nitro benzene ring substituents is 1. The van der Waals surface area contributed by atoms with Gasteiger partial charge in [0, 0.05) is 17.5 Å². The van der Waals surface area contributed by atoms with Crippen molar-refractivity contribution in [2.75, 3.05) is 5.43 Å². The molecule has 0 radical (unpaired) electrons. The van der Waals surface area contributed by atoms with Crippen LogP contribution in [0.5, 0.6) is 0 Å². The number of anilines is 1. The van der Waals surface area contributed by atoms with Gasteiger partial charge in [0.25, 0.3) is 5.69 Å². The predicted octanol–water partition coefficient (Wildman–Crippen LogP) is 3.59. The fraction of sp³-hybridized carbons (Fsp3) is 0. The Bertz CT molecular complexity index is 844. The molecule has 6 heteroatoms. The van der Waals surface area contributed by atoms with E-state index >= 15 is 0 Å². The van der Waals surface area contributed by atoms with E-state index in [1.807, 2.05) is 36.4 Å². The number of hydrogen-bond donors (Lipinski definition) is 1. The van der Waals surface area contributed by atoms with Crippen LogP contribution in [0, 0.1) is 10.1 Å². The van der Waals surface area contributed by atoms with Gasteiger partial charge in [-0.1, -0.05) is 18.2 Å². The number of nitro benzene ring substituents is 1. The summed E-state index contributed by atoms with van der Waals surface area (Å²) in [6, 6.07) is 17.8. The number of benzene rings is 2. The number of aromatic nitrogens is 1. The van der Waals surface area contributed by atoms with E-state index in [2.05, 4.69) is 15.5 Å². The van der Waals surface area contributed by atoms with Gasteiger partial charge in [0.2, 0.25) is 0 Å². The Labute approximate surface area is 126 Å². The maximum absolute atomic E-state index is 10.6. The first-order valence-corrected chi connectivity index (χ1v) is 6.62. The van der Waals surface area contributed by atoms with Crippen molar-refractivity contribution in [3.8, 4) is 0 Å². The van der Waals surface area contributed by atoms with Gasteiger partial charge >= 0.3 is 0 Å². The highest BCUT2D eigenvalue weighted by Gasteiger charge is 2.02. The Balaban J connectivity index is 1.71. The second-order valence-electron chi connectivity index (χ2n) is 4.61. The highest BCUT2D eigenvalue weighted by Crippen LogP contribution is 2.14. The zero-order valence-corrected chi connectivity index (χ0v) is 11.5. The Morgan fingerprint density at radius 3 is 2.59 bits per heavy atom. The number of para-hydroxylation sites is 1. The van der Waals surface area contributed by atoms with Gasteiger partial charge in [-0.25, -0.2) is 4.98 Å². The van der Waals surface area contributed by atoms with Gasteiger partial charge in [-0.3, -0.25) is 15.5 Å². The molecular formula is C16H12N4O2. The largest absolute Gasteiger partial charge is 0.269 e. The van der Waals surface area contributed by atoms with Crippen LogP contribution in [0.1, 0.15) is 5.56 Å². The molecule has 0 saturated carbocycles. The third-order valence-corrected chi connectivity index (χ3v) is 3.10. The maximum atomic E-state index is 10.6. The lowest BCUT2D eigenvalue weighted by Gasteiger charge is -2.01. The molecular weight excluding hydrogens is 280 g/mol. The lowest BCUT2D eigenvalue weighted by atomic mass is 10.2. The van der Waals surface area contributed by atoms with Crippen LogP contribution in [0.3, 0.4) is 0 Å². The number of hydrazone groups is 1. The van der Waals surface area contributed by atoms with Crippen molar-refractivity contribution in [2.24, 2.45) is 5.10 Å². The topological polar surface area (TPSA) is 80.4 Å². The molecule has 3 rings (SSSR count). The van der Waals surface area contributed by atoms with Gasteiger partial charge in [-0.2, -0.15) is 5.10 Å². The van der Waals surface area contributed by atoms with Crippen LogP contribution in [-0.2, 0) is 0 Å². The van der Waals surface area contributed by atoms with E-state index in [0.29, 0.717) is 5.82 Å². The summed E-state index contributed by atoms with van der Waals surface area (Å²) >= 11 is 0. The molecule has 0 saturated heterocycles. The Morgan fingerprint density at radius 1 is 1.05 bits per heavy atom. The number of hydrogen-bond acceptors (Lipinski definition) is 5. The van der Waals surface area contributed by atoms with Gasteiger partial charge in [-0.05, 0) is 35.9 Å². The Kier molecular flexibility index (Phi) is 3.74. The molecule has 0 amide bonds. The van der Waals surface area contributed by atoms with Crippen molar-refractivity contribution >= 4 is 28.6 Å². The van der Waals surface area contributed by atoms with Crippen LogP contribution in [0.15, 0.2) is 65.8 Å². The molecule has 6 nitrogen and oxygen atoms in total. The van der Waals surface area contributed by atoms with Crippen LogP contribution in [0.25, 0.3) is 10.9 Å². The average molecular weight is 292 g/mol. The van der Waals surface area contributed by atoms with Crippen LogP contribution in [-0.4, -0.2) is 16.1 Å². The van der Waals surface area contributed by atoms with Crippen molar-refractivity contribution < 1.29 is 4.92 Å². The van der Waals surface area contributed by atoms with E-state index < -0.39 is 4.92 Å². The number of pyridine rings is 1. The van der Waals surface area contributed by atoms with E-state index in [-0.39, 0.29) is 5.69 Å². The minimum absolute atomic E-state index is 0.0568. The lowest BCUT2D eigenvalue weighted by Crippen LogP contribution is -1.94. The number of nitrogens with one attached hydrogen (secondary N) is 1. The van der Waals surface area contributed by atoms with Gasteiger partial charge in [0.1, 0.15) is 5.82 Å². The van der Waals surface area contributed by atoms with Crippen molar-refractivity contribution in [3.05, 3.63) is 76.3 Å². The van der Waals surface area contributed by atoms with E-state index in [0.717, 1.165) is 16.5 Å². The molecule has 2 aromatic carbocycles. The number of nitro groups is 1. The first-order valence-electron chi connectivity index (χ1n) is 6.62. The maximum Gasteiger partial charge on any atom is 0.269 e. The molecule has 108 valence electrons. The standard InChI is InChI=1S/C16H12N4O2/c21-20(22)14-8-5-12(6-9-14)11-17-19-16-10-7-13-3-1-2-4-15(13)18-16/h1-11H,(H,18,19)/b17-11-. The molecule has 1 aromatic heterocycles. The number of fused-ring (bicyclic) bond motifs is 1. The predicted molar refractivity (Wildman–Crippen MR) is 86.1 cm³/mol. The lowest BCUT2D eigenvalue weighted by molar-refractivity contribution is -0.384. The molecule has 0 aliphatic rings. The minimum atomic E-state index is -0.432. The van der Waals surface area contributed by atoms with Gasteiger partial charge in [-0.15, -0.1) is 0 Å². The van der Waals surface area contributed by atoms with Crippen LogP contribution < -0.4 is 5.43 Å². The van der Waals surface area contributed by atoms with Crippen LogP contribution in [0.2, 0.25) is 0 Å². The van der Waals surface area contributed by atoms with Gasteiger partial charge in [0.15, 0.2) is 0 Å². The molecule has 1 heterocycles. The van der Waals surface area contributed by atoms with E-state index in [1.165, 1.54) is 12.1 Å². The van der Waals surface area contributed by atoms with Crippen molar-refractivity contribution in [2.45, 2.75) is 0 Å². The normalized spacial score (nSPS) is 10.9. The van der Waals surface area contributed by atoms with Crippen molar-refractivity contribution in [1.29, 1.82) is 0 Å². The molecule has 3 aromatic rings. The number of rotatable bonds is 4. The first kappa shape index (κ1) is 13.7. The molecule has 1 N–H and O–H groups in total. The molecule has 0 aliphatic carbocycles. The minimum Gasteiger partial charge on any atom is -0.261 e. The molecule has 0 atom stereocenters. The molecule has 0 spiro atoms. The van der Waals surface area contributed by atoms with Crippen LogP contribution >= 0.6 is 0 Å². The fourth-order valence-corrected chi connectivity index (χ4v) is 1.98. The first-order chi connectivity index (χ1) is 10.7. The van der Waals surface area contributed by atoms with Gasteiger partial charge in [0.05, 0.1) is 16.7 Å². The van der Waals surface area contributed by atoms with Crippen molar-refractivity contribution in [3.63, 3.8) is 0 Å². The summed E-state index contributed by atoms with van der Waals surface area (Å²) in [6.45, 7) is 0. The summed E-state index contributed by atoms with van der Waals surface area (Å²) in [7, 11) is 0. The van der Waals surface area contributed by atoms with E-state index in [9.17, 15) is 10.1 Å². The molecule has 0 bridgehead atoms. The summed E-state index contributed by atoms with van der Waals surface area (Å²) in [5.41, 5.74) is 4.55. The summed E-state index contributed by atoms with van der Waals surface area (Å²) in [6.07, 6.45) is 1.58. The average Bonchev–Trinajstić information content (AvgIpc) is 2.55. The third-order valence-electron chi connectivity index (χ3n) is 3.10. The fourth-order valence-electron chi connectivity index (χ4n) is 1.98. The second kappa shape index (κ2) is 6.01. The van der Waals surface area contributed by atoms with E-state index in [4.69, 9.17) is 0 Å². The van der Waals surface area contributed by atoms with E-state index in [1.54, 1.807) is 18.3 Å². The third kappa shape index (κ3) is 3.06. The van der Waals surface area contributed by atoms with Gasteiger partial charge < -0.3 is 0 Å². The zero-order valence-electron chi connectivity index (χ0n) is 11.5. The SMILES string of the molecule is O=[N+]([O-])c1ccc(/C=N\Nc2ccc3ccccc3n2)cc1. The Hall–Kier alpha value is -3.28. The summed E-state index contributed by atoms with van der Waals surface area (Å²) in [5, 5.41) is 15.7. The molecule has 0 fully saturated rings. The summed E-state index contributed by atoms with van der Waals surface area (Å²) in [4.78, 5) is 14.6. The Morgan fingerprint density at radius 2 is 1.82 bits per heavy atom. The highest BCUT2D eigenvalue weighted by atomic mass is 16.6. The smallest absolute Gasteiger partial charge is 0.261 e. The van der Waals surface area contributed by atoms with Crippen molar-refractivity contribution in [1.82, 2.24) is 4.98 Å². The molecule has 0 aliphatic heterocycles. The number of nitrogens with zero attached hydrogens (tertiary/aromatic N) is 3. The monoisotopic (exact) mass is 292 g/mol. The molecule has 0 unspecified atom stereocenters. The quantitative estimate of drug-likeness (QED) is 0.452. The highest BCUT2D eigenvalue weighted by molar-refractivity contribution is 5.82. The second-order valence-corrected chi connectivity index (χ2v) is 4.61.